The molecule has 0 fully saturated rings. The lowest BCUT2D eigenvalue weighted by Crippen LogP contribution is -2.28. The van der Waals surface area contributed by atoms with Crippen LogP contribution in [0.4, 0.5) is 0 Å². The molecule has 0 saturated carbocycles. The fourth-order valence-corrected chi connectivity index (χ4v) is 3.11. The van der Waals surface area contributed by atoms with Gasteiger partial charge in [-0.25, -0.2) is 0 Å². The Morgan fingerprint density at radius 1 is 1.55 bits per heavy atom. The van der Waals surface area contributed by atoms with Crippen LogP contribution in [0.2, 0.25) is 0 Å². The Kier molecular flexibility index (Phi) is 4.45. The van der Waals surface area contributed by atoms with Crippen LogP contribution in [-0.2, 0) is 7.05 Å². The maximum atomic E-state index is 12.1. The van der Waals surface area contributed by atoms with Gasteiger partial charge < -0.3 is 10.4 Å². The van der Waals surface area contributed by atoms with Gasteiger partial charge in [-0.3, -0.25) is 9.48 Å². The van der Waals surface area contributed by atoms with Gasteiger partial charge in [-0.1, -0.05) is 13.8 Å². The second kappa shape index (κ2) is 5.93. The van der Waals surface area contributed by atoms with E-state index in [0.717, 1.165) is 15.9 Å². The molecular formula is C14H21N3O2S. The zero-order valence-electron chi connectivity index (χ0n) is 12.3. The van der Waals surface area contributed by atoms with Crippen molar-refractivity contribution in [2.24, 2.45) is 13.0 Å². The number of amides is 1. The van der Waals surface area contributed by atoms with Crippen molar-refractivity contribution < 1.29 is 9.90 Å². The molecule has 0 aliphatic rings. The van der Waals surface area contributed by atoms with E-state index in [2.05, 4.69) is 10.4 Å². The molecule has 0 saturated heterocycles. The van der Waals surface area contributed by atoms with Gasteiger partial charge in [0.25, 0.3) is 5.91 Å². The van der Waals surface area contributed by atoms with Crippen molar-refractivity contribution in [2.45, 2.75) is 33.3 Å². The van der Waals surface area contributed by atoms with Crippen LogP contribution in [0.15, 0.2) is 6.07 Å². The van der Waals surface area contributed by atoms with E-state index >= 15 is 0 Å². The van der Waals surface area contributed by atoms with Crippen LogP contribution in [0, 0.1) is 12.8 Å². The standard InChI is InChI=1S/C14H21N3O2S/c1-8(2)11(18)5-6-15-13(19)12-7-10-9(3)16-17(4)14(10)20-12/h7-8,11,18H,5-6H2,1-4H3,(H,15,19). The number of nitrogens with one attached hydrogen (secondary N) is 1. The number of carbonyl (C=O) groups is 1. The van der Waals surface area contributed by atoms with Crippen molar-refractivity contribution in [1.82, 2.24) is 15.1 Å². The van der Waals surface area contributed by atoms with Gasteiger partial charge in [-0.2, -0.15) is 5.10 Å². The number of fused-ring (bicyclic) bond motifs is 1. The van der Waals surface area contributed by atoms with Crippen molar-refractivity contribution in [3.05, 3.63) is 16.6 Å². The third-order valence-corrected chi connectivity index (χ3v) is 4.62. The number of hydrogen-bond acceptors (Lipinski definition) is 4. The lowest BCUT2D eigenvalue weighted by molar-refractivity contribution is 0.0924. The Balaban J connectivity index is 1.99. The van der Waals surface area contributed by atoms with Gasteiger partial charge in [0.1, 0.15) is 4.83 Å². The van der Waals surface area contributed by atoms with E-state index in [1.807, 2.05) is 33.9 Å². The van der Waals surface area contributed by atoms with E-state index in [1.165, 1.54) is 11.3 Å². The molecule has 2 aromatic heterocycles. The summed E-state index contributed by atoms with van der Waals surface area (Å²) in [7, 11) is 1.88. The number of aryl methyl sites for hydroxylation is 2. The van der Waals surface area contributed by atoms with Gasteiger partial charge in [0.05, 0.1) is 16.7 Å². The summed E-state index contributed by atoms with van der Waals surface area (Å²) in [5, 5.41) is 17.9. The molecule has 2 aromatic rings. The van der Waals surface area contributed by atoms with Crippen molar-refractivity contribution in [2.75, 3.05) is 6.54 Å². The van der Waals surface area contributed by atoms with Gasteiger partial charge in [-0.15, -0.1) is 11.3 Å². The normalized spacial score (nSPS) is 13.1. The Morgan fingerprint density at radius 2 is 2.25 bits per heavy atom. The number of hydrogen-bond donors (Lipinski definition) is 2. The predicted octanol–water partition coefficient (Wildman–Crippen LogP) is 2.08. The fraction of sp³-hybridized carbons (Fsp3) is 0.571. The summed E-state index contributed by atoms with van der Waals surface area (Å²) in [4.78, 5) is 13.8. The van der Waals surface area contributed by atoms with E-state index in [4.69, 9.17) is 0 Å². The third kappa shape index (κ3) is 3.02. The monoisotopic (exact) mass is 295 g/mol. The molecule has 110 valence electrons. The van der Waals surface area contributed by atoms with Crippen LogP contribution in [-0.4, -0.2) is 33.4 Å². The zero-order chi connectivity index (χ0) is 14.9. The topological polar surface area (TPSA) is 67.2 Å². The summed E-state index contributed by atoms with van der Waals surface area (Å²) in [6.45, 7) is 6.36. The molecule has 20 heavy (non-hydrogen) atoms. The summed E-state index contributed by atoms with van der Waals surface area (Å²) < 4.78 is 1.80. The number of nitrogens with zero attached hydrogens (tertiary/aromatic N) is 2. The highest BCUT2D eigenvalue weighted by Gasteiger charge is 2.15. The summed E-state index contributed by atoms with van der Waals surface area (Å²) in [6, 6.07) is 1.89. The number of aliphatic hydroxyl groups is 1. The molecule has 1 unspecified atom stereocenters. The molecule has 1 atom stereocenters. The first-order chi connectivity index (χ1) is 9.40. The van der Waals surface area contributed by atoms with Gasteiger partial charge in [0, 0.05) is 19.0 Å². The number of aliphatic hydroxyl groups excluding tert-OH is 1. The van der Waals surface area contributed by atoms with Gasteiger partial charge in [-0.05, 0) is 25.3 Å². The molecular weight excluding hydrogens is 274 g/mol. The molecule has 5 nitrogen and oxygen atoms in total. The van der Waals surface area contributed by atoms with Crippen LogP contribution in [0.25, 0.3) is 10.2 Å². The van der Waals surface area contributed by atoms with E-state index in [0.29, 0.717) is 17.8 Å². The van der Waals surface area contributed by atoms with E-state index in [-0.39, 0.29) is 17.9 Å². The lowest BCUT2D eigenvalue weighted by atomic mass is 10.0. The molecule has 0 radical (unpaired) electrons. The van der Waals surface area contributed by atoms with Crippen LogP contribution < -0.4 is 5.32 Å². The van der Waals surface area contributed by atoms with Gasteiger partial charge in [0.15, 0.2) is 0 Å². The van der Waals surface area contributed by atoms with Crippen molar-refractivity contribution in [3.63, 3.8) is 0 Å². The second-order valence-electron chi connectivity index (χ2n) is 5.39. The molecule has 2 rings (SSSR count). The minimum absolute atomic E-state index is 0.0819. The highest BCUT2D eigenvalue weighted by atomic mass is 32.1. The predicted molar refractivity (Wildman–Crippen MR) is 81.1 cm³/mol. The maximum Gasteiger partial charge on any atom is 0.261 e. The summed E-state index contributed by atoms with van der Waals surface area (Å²) in [5.74, 6) is 0.131. The molecule has 2 N–H and O–H groups in total. The molecule has 0 aliphatic heterocycles. The zero-order valence-corrected chi connectivity index (χ0v) is 13.1. The van der Waals surface area contributed by atoms with Crippen LogP contribution in [0.5, 0.6) is 0 Å². The van der Waals surface area contributed by atoms with Crippen molar-refractivity contribution >= 4 is 27.5 Å². The summed E-state index contributed by atoms with van der Waals surface area (Å²) in [5.41, 5.74) is 0.938. The third-order valence-electron chi connectivity index (χ3n) is 3.42. The van der Waals surface area contributed by atoms with Crippen molar-refractivity contribution in [1.29, 1.82) is 0 Å². The Bertz CT molecular complexity index is 581. The first-order valence-corrected chi connectivity index (χ1v) is 7.61. The van der Waals surface area contributed by atoms with Crippen LogP contribution in [0.3, 0.4) is 0 Å². The number of aromatic nitrogens is 2. The molecule has 0 aromatic carbocycles. The highest BCUT2D eigenvalue weighted by molar-refractivity contribution is 7.20. The molecule has 6 heteroatoms. The van der Waals surface area contributed by atoms with E-state index in [9.17, 15) is 9.90 Å². The molecule has 0 bridgehead atoms. The second-order valence-corrected chi connectivity index (χ2v) is 6.43. The first kappa shape index (κ1) is 15.0. The molecule has 1 amide bonds. The summed E-state index contributed by atoms with van der Waals surface area (Å²) >= 11 is 1.44. The fourth-order valence-electron chi connectivity index (χ4n) is 2.07. The van der Waals surface area contributed by atoms with Gasteiger partial charge in [0.2, 0.25) is 0 Å². The Labute approximate surface area is 122 Å². The number of thiophene rings is 1. The average Bonchev–Trinajstić information content (AvgIpc) is 2.92. The Morgan fingerprint density at radius 3 is 2.85 bits per heavy atom. The minimum atomic E-state index is -0.371. The first-order valence-electron chi connectivity index (χ1n) is 6.79. The van der Waals surface area contributed by atoms with E-state index in [1.54, 1.807) is 4.68 Å². The quantitative estimate of drug-likeness (QED) is 0.887. The largest absolute Gasteiger partial charge is 0.393 e. The summed E-state index contributed by atoms with van der Waals surface area (Å²) in [6.07, 6.45) is 0.207. The highest BCUT2D eigenvalue weighted by Crippen LogP contribution is 2.27. The number of rotatable bonds is 5. The van der Waals surface area contributed by atoms with E-state index < -0.39 is 0 Å². The van der Waals surface area contributed by atoms with Crippen molar-refractivity contribution in [3.8, 4) is 0 Å². The molecule has 0 spiro atoms. The SMILES string of the molecule is Cc1nn(C)c2sc(C(=O)NCCC(O)C(C)C)cc12. The lowest BCUT2D eigenvalue weighted by Gasteiger charge is -2.14. The average molecular weight is 295 g/mol. The van der Waals surface area contributed by atoms with Gasteiger partial charge >= 0.3 is 0 Å². The van der Waals surface area contributed by atoms with Crippen LogP contribution in [0.1, 0.15) is 35.6 Å². The minimum Gasteiger partial charge on any atom is -0.393 e. The smallest absolute Gasteiger partial charge is 0.261 e. The number of carbonyl (C=O) groups excluding carboxylic acids is 1. The molecule has 0 aliphatic carbocycles. The maximum absolute atomic E-state index is 12.1. The molecule has 2 heterocycles. The van der Waals surface area contributed by atoms with Crippen LogP contribution >= 0.6 is 11.3 Å². The Hall–Kier alpha value is -1.40.